The van der Waals surface area contributed by atoms with Gasteiger partial charge < -0.3 is 9.88 Å². The fourth-order valence-electron chi connectivity index (χ4n) is 2.52. The summed E-state index contributed by atoms with van der Waals surface area (Å²) in [6.07, 6.45) is 5.63. The molecule has 0 bridgehead atoms. The van der Waals surface area contributed by atoms with Crippen LogP contribution in [-0.4, -0.2) is 21.1 Å². The Labute approximate surface area is 135 Å². The number of halogens is 1. The Bertz CT molecular complexity index is 768. The van der Waals surface area contributed by atoms with Gasteiger partial charge in [-0.05, 0) is 36.6 Å². The zero-order valence-electron chi connectivity index (χ0n) is 12.8. The van der Waals surface area contributed by atoms with Crippen LogP contribution in [0.1, 0.15) is 12.5 Å². The average molecular weight is 315 g/mol. The van der Waals surface area contributed by atoms with Crippen LogP contribution < -0.4 is 5.32 Å². The number of nitrogens with zero attached hydrogens (tertiary/aromatic N) is 3. The van der Waals surface area contributed by atoms with Crippen molar-refractivity contribution in [2.24, 2.45) is 5.92 Å². The van der Waals surface area contributed by atoms with Gasteiger partial charge in [-0.15, -0.1) is 0 Å². The van der Waals surface area contributed by atoms with Gasteiger partial charge in [-0.3, -0.25) is 0 Å². The Morgan fingerprint density at radius 2 is 2.14 bits per heavy atom. The first-order chi connectivity index (χ1) is 10.6. The molecule has 0 aliphatic carbocycles. The fourth-order valence-corrected chi connectivity index (χ4v) is 2.73. The summed E-state index contributed by atoms with van der Waals surface area (Å²) >= 11 is 6.22. The summed E-state index contributed by atoms with van der Waals surface area (Å²) in [4.78, 5) is 8.75. The maximum absolute atomic E-state index is 6.22. The number of hydrogen-bond acceptors (Lipinski definition) is 3. The molecular weight excluding hydrogens is 296 g/mol. The molecule has 0 unspecified atom stereocenters. The van der Waals surface area contributed by atoms with Crippen molar-refractivity contribution in [3.8, 4) is 0 Å². The Kier molecular flexibility index (Phi) is 4.29. The molecule has 1 atom stereocenters. The monoisotopic (exact) mass is 314 g/mol. The Balaban J connectivity index is 1.70. The molecule has 0 aliphatic heterocycles. The Morgan fingerprint density at radius 1 is 1.27 bits per heavy atom. The topological polar surface area (TPSA) is 42.7 Å². The highest BCUT2D eigenvalue weighted by Gasteiger charge is 2.07. The molecule has 4 nitrogen and oxygen atoms in total. The molecule has 22 heavy (non-hydrogen) atoms. The summed E-state index contributed by atoms with van der Waals surface area (Å²) in [7, 11) is 0. The van der Waals surface area contributed by atoms with E-state index < -0.39 is 0 Å². The van der Waals surface area contributed by atoms with E-state index in [1.807, 2.05) is 36.8 Å². The van der Waals surface area contributed by atoms with Gasteiger partial charge in [-0.25, -0.2) is 9.97 Å². The van der Waals surface area contributed by atoms with Gasteiger partial charge >= 0.3 is 0 Å². The summed E-state index contributed by atoms with van der Waals surface area (Å²) < 4.78 is 2.09. The van der Waals surface area contributed by atoms with Gasteiger partial charge in [0.2, 0.25) is 0 Å². The highest BCUT2D eigenvalue weighted by atomic mass is 35.5. The molecule has 1 N–H and O–H groups in total. The molecule has 2 heterocycles. The minimum Gasteiger partial charge on any atom is -0.370 e. The van der Waals surface area contributed by atoms with Gasteiger partial charge in [0.25, 0.3) is 0 Å². The lowest BCUT2D eigenvalue weighted by Crippen LogP contribution is -2.17. The van der Waals surface area contributed by atoms with Gasteiger partial charge in [0.1, 0.15) is 5.82 Å². The highest BCUT2D eigenvalue weighted by Crippen LogP contribution is 2.26. The minimum absolute atomic E-state index is 0.479. The van der Waals surface area contributed by atoms with Crippen molar-refractivity contribution >= 4 is 28.3 Å². The maximum atomic E-state index is 6.22. The van der Waals surface area contributed by atoms with E-state index in [2.05, 4.69) is 33.7 Å². The van der Waals surface area contributed by atoms with Crippen LogP contribution in [0, 0.1) is 12.8 Å². The third kappa shape index (κ3) is 3.22. The third-order valence-electron chi connectivity index (χ3n) is 3.72. The first-order valence-electron chi connectivity index (χ1n) is 7.39. The van der Waals surface area contributed by atoms with E-state index in [9.17, 15) is 0 Å². The van der Waals surface area contributed by atoms with Crippen LogP contribution in [0.3, 0.4) is 0 Å². The van der Waals surface area contributed by atoms with E-state index in [1.54, 1.807) is 6.20 Å². The standard InChI is InChI=1S/C17H19ClN4/c1-12(10-22-8-7-19-11-22)9-20-16-6-4-14-15(18)5-3-13(2)17(14)21-16/h3-8,11-12H,9-10H2,1-2H3,(H,20,21)/t12-/m0/s1. The second-order valence-corrected chi connectivity index (χ2v) is 6.11. The normalized spacial score (nSPS) is 12.5. The van der Waals surface area contributed by atoms with Crippen molar-refractivity contribution in [2.45, 2.75) is 20.4 Å². The number of nitrogens with one attached hydrogen (secondary N) is 1. The van der Waals surface area contributed by atoms with E-state index in [0.29, 0.717) is 5.92 Å². The van der Waals surface area contributed by atoms with Crippen LogP contribution in [0.15, 0.2) is 43.0 Å². The van der Waals surface area contributed by atoms with Crippen molar-refractivity contribution in [1.29, 1.82) is 0 Å². The first-order valence-corrected chi connectivity index (χ1v) is 7.77. The molecular formula is C17H19ClN4. The van der Waals surface area contributed by atoms with Gasteiger partial charge in [0.05, 0.1) is 11.8 Å². The average Bonchev–Trinajstić information content (AvgIpc) is 3.02. The van der Waals surface area contributed by atoms with Gasteiger partial charge in [0.15, 0.2) is 0 Å². The number of hydrogen-bond donors (Lipinski definition) is 1. The number of imidazole rings is 1. The van der Waals surface area contributed by atoms with Crippen molar-refractivity contribution < 1.29 is 0 Å². The molecule has 0 fully saturated rings. The predicted octanol–water partition coefficient (Wildman–Crippen LogP) is 4.14. The molecule has 0 amide bonds. The van der Waals surface area contributed by atoms with Crippen molar-refractivity contribution in [3.63, 3.8) is 0 Å². The zero-order valence-corrected chi connectivity index (χ0v) is 13.5. The number of benzene rings is 1. The quantitative estimate of drug-likeness (QED) is 0.769. The van der Waals surface area contributed by atoms with Crippen molar-refractivity contribution in [3.05, 3.63) is 53.6 Å². The molecule has 2 aromatic heterocycles. The minimum atomic E-state index is 0.479. The number of aryl methyl sites for hydroxylation is 1. The number of fused-ring (bicyclic) bond motifs is 1. The molecule has 0 saturated carbocycles. The zero-order chi connectivity index (χ0) is 15.5. The van der Waals surface area contributed by atoms with Crippen LogP contribution >= 0.6 is 11.6 Å². The summed E-state index contributed by atoms with van der Waals surface area (Å²) in [5, 5.41) is 5.15. The van der Waals surface area contributed by atoms with Crippen molar-refractivity contribution in [2.75, 3.05) is 11.9 Å². The summed E-state index contributed by atoms with van der Waals surface area (Å²) in [5.74, 6) is 1.36. The molecule has 0 saturated heterocycles. The van der Waals surface area contributed by atoms with Crippen LogP contribution in [-0.2, 0) is 6.54 Å². The summed E-state index contributed by atoms with van der Waals surface area (Å²) in [5.41, 5.74) is 2.09. The lowest BCUT2D eigenvalue weighted by molar-refractivity contribution is 0.502. The lowest BCUT2D eigenvalue weighted by Gasteiger charge is -2.14. The SMILES string of the molecule is Cc1ccc(Cl)c2ccc(NC[C@H](C)Cn3ccnc3)nc12. The van der Waals surface area contributed by atoms with Crippen LogP contribution in [0.25, 0.3) is 10.9 Å². The smallest absolute Gasteiger partial charge is 0.126 e. The maximum Gasteiger partial charge on any atom is 0.126 e. The first kappa shape index (κ1) is 14.9. The molecule has 114 valence electrons. The highest BCUT2D eigenvalue weighted by molar-refractivity contribution is 6.35. The predicted molar refractivity (Wildman–Crippen MR) is 91.4 cm³/mol. The number of anilines is 1. The molecule has 1 aromatic carbocycles. The molecule has 3 aromatic rings. The third-order valence-corrected chi connectivity index (χ3v) is 4.05. The largest absolute Gasteiger partial charge is 0.370 e. The lowest BCUT2D eigenvalue weighted by atomic mass is 10.1. The van der Waals surface area contributed by atoms with Gasteiger partial charge in [-0.2, -0.15) is 0 Å². The van der Waals surface area contributed by atoms with Crippen LogP contribution in [0.2, 0.25) is 5.02 Å². The number of pyridine rings is 1. The second-order valence-electron chi connectivity index (χ2n) is 5.70. The summed E-state index contributed by atoms with van der Waals surface area (Å²) in [6, 6.07) is 7.93. The van der Waals surface area contributed by atoms with Crippen LogP contribution in [0.4, 0.5) is 5.82 Å². The number of aromatic nitrogens is 3. The second kappa shape index (κ2) is 6.36. The molecule has 5 heteroatoms. The van der Waals surface area contributed by atoms with E-state index in [0.717, 1.165) is 40.4 Å². The number of rotatable bonds is 5. The van der Waals surface area contributed by atoms with E-state index in [1.165, 1.54) is 0 Å². The van der Waals surface area contributed by atoms with Crippen LogP contribution in [0.5, 0.6) is 0 Å². The Morgan fingerprint density at radius 3 is 2.91 bits per heavy atom. The van der Waals surface area contributed by atoms with Gasteiger partial charge in [0, 0.05) is 35.9 Å². The Hall–Kier alpha value is -2.07. The van der Waals surface area contributed by atoms with E-state index in [-0.39, 0.29) is 0 Å². The molecule has 0 radical (unpaired) electrons. The van der Waals surface area contributed by atoms with E-state index in [4.69, 9.17) is 11.6 Å². The summed E-state index contributed by atoms with van der Waals surface area (Å²) in [6.45, 7) is 6.05. The molecule has 3 rings (SSSR count). The fraction of sp³-hybridized carbons (Fsp3) is 0.294. The van der Waals surface area contributed by atoms with E-state index >= 15 is 0 Å². The molecule has 0 spiro atoms. The molecule has 0 aliphatic rings. The van der Waals surface area contributed by atoms with Gasteiger partial charge in [-0.1, -0.05) is 24.6 Å². The van der Waals surface area contributed by atoms with Crippen molar-refractivity contribution in [1.82, 2.24) is 14.5 Å².